The number of rotatable bonds is 4. The zero-order valence-electron chi connectivity index (χ0n) is 29.7. The third-order valence-electron chi connectivity index (χ3n) is 11.1. The first kappa shape index (κ1) is 30.7. The van der Waals surface area contributed by atoms with E-state index in [-0.39, 0.29) is 0 Å². The van der Waals surface area contributed by atoms with Crippen LogP contribution in [0.3, 0.4) is 0 Å². The number of hydrogen-bond donors (Lipinski definition) is 1. The van der Waals surface area contributed by atoms with Crippen LogP contribution in [-0.4, -0.2) is 30.4 Å². The number of nitrogens with zero attached hydrogens (tertiary/aromatic N) is 5. The quantitative estimate of drug-likeness (QED) is 0.144. The monoisotopic (exact) mass is 716 g/mol. The summed E-state index contributed by atoms with van der Waals surface area (Å²) in [6.07, 6.45) is 1.96. The van der Waals surface area contributed by atoms with Gasteiger partial charge in [-0.05, 0) is 75.3 Å². The molecule has 0 aliphatic heterocycles. The van der Waals surface area contributed by atoms with Gasteiger partial charge in [0.25, 0.3) is 0 Å². The molecule has 7 nitrogen and oxygen atoms in total. The maximum atomic E-state index is 6.87. The van der Waals surface area contributed by atoms with Crippen molar-refractivity contribution in [1.82, 2.24) is 30.4 Å². The van der Waals surface area contributed by atoms with Gasteiger partial charge in [-0.3, -0.25) is 10.1 Å². The van der Waals surface area contributed by atoms with Gasteiger partial charge in [0.05, 0.1) is 27.6 Å². The van der Waals surface area contributed by atoms with Crippen molar-refractivity contribution in [2.75, 3.05) is 0 Å². The fraction of sp³-hybridized carbons (Fsp3) is 0. The Morgan fingerprint density at radius 3 is 1.96 bits per heavy atom. The van der Waals surface area contributed by atoms with Crippen LogP contribution in [0.5, 0.6) is 0 Å². The van der Waals surface area contributed by atoms with Crippen LogP contribution >= 0.6 is 0 Å². The van der Waals surface area contributed by atoms with Gasteiger partial charge in [-0.1, -0.05) is 120 Å². The van der Waals surface area contributed by atoms with Crippen LogP contribution < -0.4 is 0 Å². The van der Waals surface area contributed by atoms with Crippen LogP contribution in [0.2, 0.25) is 0 Å². The zero-order chi connectivity index (χ0) is 36.7. The second-order valence-corrected chi connectivity index (χ2v) is 14.1. The minimum atomic E-state index is 0.512. The Hall–Kier alpha value is -7.77. The molecule has 0 spiro atoms. The van der Waals surface area contributed by atoms with Crippen LogP contribution in [0.1, 0.15) is 0 Å². The van der Waals surface area contributed by atoms with Gasteiger partial charge in [0.2, 0.25) is 5.89 Å². The summed E-state index contributed by atoms with van der Waals surface area (Å²) in [5, 5.41) is 19.5. The van der Waals surface area contributed by atoms with Crippen molar-refractivity contribution in [3.05, 3.63) is 164 Å². The van der Waals surface area contributed by atoms with Crippen LogP contribution in [0, 0.1) is 0 Å². The number of aromatic amines is 1. The predicted octanol–water partition coefficient (Wildman–Crippen LogP) is 12.3. The molecule has 56 heavy (non-hydrogen) atoms. The summed E-state index contributed by atoms with van der Waals surface area (Å²) in [7, 11) is 0. The number of nitrogens with one attached hydrogen (secondary N) is 1. The van der Waals surface area contributed by atoms with Gasteiger partial charge in [-0.25, -0.2) is 9.97 Å². The number of benzene rings is 8. The molecule has 1 N–H and O–H groups in total. The highest BCUT2D eigenvalue weighted by molar-refractivity contribution is 6.25. The first-order chi connectivity index (χ1) is 27.8. The average molecular weight is 717 g/mol. The molecule has 0 radical (unpaired) electrons. The van der Waals surface area contributed by atoms with Crippen molar-refractivity contribution in [2.24, 2.45) is 0 Å². The SMILES string of the molecule is c1ccc2nc3cccc(-c4c(-c5cccc6ncc7ccccc7c56)c(-c5nc6ccccc6o5)c(-c5cccc6[nH]nnc56)c5ccccc45)c3cc2c1. The van der Waals surface area contributed by atoms with Crippen molar-refractivity contribution in [3.63, 3.8) is 0 Å². The fourth-order valence-corrected chi connectivity index (χ4v) is 8.66. The van der Waals surface area contributed by atoms with Crippen molar-refractivity contribution >= 4 is 76.4 Å². The van der Waals surface area contributed by atoms with Crippen LogP contribution in [-0.2, 0) is 0 Å². The molecule has 4 aromatic heterocycles. The molecule has 12 aromatic rings. The van der Waals surface area contributed by atoms with Gasteiger partial charge >= 0.3 is 0 Å². The minimum absolute atomic E-state index is 0.512. The number of oxazole rings is 1. The molecule has 0 atom stereocenters. The van der Waals surface area contributed by atoms with E-state index in [9.17, 15) is 0 Å². The summed E-state index contributed by atoms with van der Waals surface area (Å²) in [5.41, 5.74) is 12.7. The Balaban J connectivity index is 1.37. The molecule has 0 aliphatic carbocycles. The summed E-state index contributed by atoms with van der Waals surface area (Å²) in [6, 6.07) is 54.7. The molecule has 7 heteroatoms. The number of fused-ring (bicyclic) bond motifs is 8. The van der Waals surface area contributed by atoms with E-state index in [2.05, 4.69) is 131 Å². The third kappa shape index (κ3) is 4.48. The van der Waals surface area contributed by atoms with Gasteiger partial charge in [-0.15, -0.1) is 5.10 Å². The molecular weight excluding hydrogens is 689 g/mol. The Kier molecular flexibility index (Phi) is 6.50. The highest BCUT2D eigenvalue weighted by atomic mass is 16.3. The van der Waals surface area contributed by atoms with Gasteiger partial charge in [0, 0.05) is 44.4 Å². The van der Waals surface area contributed by atoms with Crippen molar-refractivity contribution in [3.8, 4) is 44.8 Å². The van der Waals surface area contributed by atoms with E-state index in [0.717, 1.165) is 110 Å². The van der Waals surface area contributed by atoms with Crippen molar-refractivity contribution in [2.45, 2.75) is 0 Å². The maximum Gasteiger partial charge on any atom is 0.228 e. The lowest BCUT2D eigenvalue weighted by atomic mass is 9.79. The Bertz CT molecular complexity index is 3530. The normalized spacial score (nSPS) is 11.9. The van der Waals surface area contributed by atoms with Crippen LogP contribution in [0.15, 0.2) is 168 Å². The number of para-hydroxylation sites is 3. The van der Waals surface area contributed by atoms with E-state index in [1.165, 1.54) is 0 Å². The largest absolute Gasteiger partial charge is 0.436 e. The van der Waals surface area contributed by atoms with E-state index in [1.54, 1.807) is 0 Å². The van der Waals surface area contributed by atoms with E-state index in [1.807, 2.05) is 48.7 Å². The molecule has 0 fully saturated rings. The highest BCUT2D eigenvalue weighted by Crippen LogP contribution is 2.54. The molecule has 260 valence electrons. The van der Waals surface area contributed by atoms with E-state index in [0.29, 0.717) is 11.5 Å². The molecule has 8 aromatic carbocycles. The topological polar surface area (TPSA) is 93.4 Å². The lowest BCUT2D eigenvalue weighted by Gasteiger charge is -2.24. The Labute approximate surface area is 318 Å². The lowest BCUT2D eigenvalue weighted by molar-refractivity contribution is 0.620. The molecule has 0 bridgehead atoms. The van der Waals surface area contributed by atoms with E-state index in [4.69, 9.17) is 19.4 Å². The van der Waals surface area contributed by atoms with Crippen molar-refractivity contribution < 1.29 is 4.42 Å². The number of H-pyrrole nitrogens is 1. The predicted molar refractivity (Wildman–Crippen MR) is 226 cm³/mol. The average Bonchev–Trinajstić information content (AvgIpc) is 3.92. The minimum Gasteiger partial charge on any atom is -0.436 e. The summed E-state index contributed by atoms with van der Waals surface area (Å²) >= 11 is 0. The smallest absolute Gasteiger partial charge is 0.228 e. The molecule has 0 unspecified atom stereocenters. The lowest BCUT2D eigenvalue weighted by Crippen LogP contribution is -2.00. The molecule has 0 aliphatic rings. The third-order valence-corrected chi connectivity index (χ3v) is 11.1. The van der Waals surface area contributed by atoms with Gasteiger partial charge in [0.1, 0.15) is 11.0 Å². The van der Waals surface area contributed by atoms with Gasteiger partial charge in [-0.2, -0.15) is 0 Å². The second kappa shape index (κ2) is 11.9. The summed E-state index contributed by atoms with van der Waals surface area (Å²) in [4.78, 5) is 15.5. The summed E-state index contributed by atoms with van der Waals surface area (Å²) < 4.78 is 6.87. The Morgan fingerprint density at radius 1 is 0.446 bits per heavy atom. The van der Waals surface area contributed by atoms with E-state index >= 15 is 0 Å². The van der Waals surface area contributed by atoms with Crippen LogP contribution in [0.25, 0.3) is 121 Å². The fourth-order valence-electron chi connectivity index (χ4n) is 8.66. The first-order valence-electron chi connectivity index (χ1n) is 18.6. The number of hydrogen-bond acceptors (Lipinski definition) is 6. The Morgan fingerprint density at radius 2 is 1.11 bits per heavy atom. The number of pyridine rings is 2. The van der Waals surface area contributed by atoms with Crippen LogP contribution in [0.4, 0.5) is 0 Å². The highest BCUT2D eigenvalue weighted by Gasteiger charge is 2.30. The molecule has 0 amide bonds. The molecular formula is C49H28N6O. The standard InChI is InChI=1S/C49H28N6O/c1-3-14-30-29(13-1)27-50-40-23-10-18-34(43(30)40)46-44(33-17-9-22-38-36(33)26-28-12-2-6-20-37(28)51-38)31-15-4-5-16-32(31)45(35-19-11-24-41-48(35)54-55-53-41)47(46)49-52-39-21-7-8-25-42(39)56-49/h1-27H,(H,53,54,55). The first-order valence-corrected chi connectivity index (χ1v) is 18.6. The maximum absolute atomic E-state index is 6.87. The van der Waals surface area contributed by atoms with E-state index < -0.39 is 0 Å². The summed E-state index contributed by atoms with van der Waals surface area (Å²) in [5.74, 6) is 0.512. The molecule has 12 rings (SSSR count). The molecule has 0 saturated heterocycles. The van der Waals surface area contributed by atoms with Gasteiger partial charge in [0.15, 0.2) is 5.58 Å². The molecule has 0 saturated carbocycles. The zero-order valence-corrected chi connectivity index (χ0v) is 29.7. The molecule has 4 heterocycles. The number of aromatic nitrogens is 6. The summed E-state index contributed by atoms with van der Waals surface area (Å²) in [6.45, 7) is 0. The van der Waals surface area contributed by atoms with Gasteiger partial charge < -0.3 is 4.42 Å². The van der Waals surface area contributed by atoms with Crippen molar-refractivity contribution in [1.29, 1.82) is 0 Å². The second-order valence-electron chi connectivity index (χ2n) is 14.1.